The van der Waals surface area contributed by atoms with Crippen LogP contribution in [0.4, 0.5) is 0 Å². The first-order chi connectivity index (χ1) is 10.1. The summed E-state index contributed by atoms with van der Waals surface area (Å²) in [6.45, 7) is 9.53. The van der Waals surface area contributed by atoms with E-state index < -0.39 is 0 Å². The Morgan fingerprint density at radius 3 is 3.00 bits per heavy atom. The summed E-state index contributed by atoms with van der Waals surface area (Å²) in [5, 5.41) is 9.89. The number of nitrogens with one attached hydrogen (secondary N) is 2. The number of aromatic nitrogens is 1. The van der Waals surface area contributed by atoms with Gasteiger partial charge in [0.05, 0.1) is 22.8 Å². The molecule has 2 heterocycles. The minimum Gasteiger partial charge on any atom is -0.373 e. The van der Waals surface area contributed by atoms with Crippen LogP contribution in [0.5, 0.6) is 0 Å². The highest BCUT2D eigenvalue weighted by Crippen LogP contribution is 2.24. The molecule has 0 radical (unpaired) electrons. The van der Waals surface area contributed by atoms with E-state index in [1.807, 2.05) is 6.92 Å². The average molecular weight is 310 g/mol. The van der Waals surface area contributed by atoms with E-state index in [1.165, 1.54) is 0 Å². The summed E-state index contributed by atoms with van der Waals surface area (Å²) in [6, 6.07) is 0. The molecule has 1 aromatic rings. The summed E-state index contributed by atoms with van der Waals surface area (Å²) >= 11 is 1.70. The third-order valence-electron chi connectivity index (χ3n) is 3.56. The third kappa shape index (κ3) is 5.28. The molecule has 2 N–H and O–H groups in total. The van der Waals surface area contributed by atoms with E-state index in [4.69, 9.17) is 4.74 Å². The van der Waals surface area contributed by atoms with Crippen LogP contribution in [0.25, 0.3) is 0 Å². The largest absolute Gasteiger partial charge is 0.373 e. The molecule has 1 fully saturated rings. The van der Waals surface area contributed by atoms with Gasteiger partial charge in [-0.05, 0) is 33.6 Å². The first-order valence-corrected chi connectivity index (χ1v) is 8.56. The molecule has 1 unspecified atom stereocenters. The standard InChI is InChI=1S/C15H26N4OS/c1-4-16-14(18-11-15(3)7-5-9-20-15)17-8-6-13-10-21-12(2)19-13/h10H,4-9,11H2,1-3H3,(H2,16,17,18). The molecule has 0 saturated carbocycles. The zero-order chi connectivity index (χ0) is 15.1. The Bertz CT molecular complexity index is 466. The molecule has 21 heavy (non-hydrogen) atoms. The number of hydrogen-bond donors (Lipinski definition) is 2. The summed E-state index contributed by atoms with van der Waals surface area (Å²) in [7, 11) is 0. The zero-order valence-corrected chi connectivity index (χ0v) is 14.1. The maximum atomic E-state index is 5.77. The maximum Gasteiger partial charge on any atom is 0.191 e. The molecule has 1 aliphatic rings. The van der Waals surface area contributed by atoms with E-state index in [1.54, 1.807) is 11.3 Å². The lowest BCUT2D eigenvalue weighted by molar-refractivity contribution is 0.0283. The van der Waals surface area contributed by atoms with Crippen molar-refractivity contribution in [3.8, 4) is 0 Å². The molecule has 0 aromatic carbocycles. The summed E-state index contributed by atoms with van der Waals surface area (Å²) in [4.78, 5) is 9.13. The third-order valence-corrected chi connectivity index (χ3v) is 4.38. The fraction of sp³-hybridized carbons (Fsp3) is 0.733. The number of thiazole rings is 1. The molecule has 1 aliphatic heterocycles. The van der Waals surface area contributed by atoms with Crippen molar-refractivity contribution in [2.45, 2.75) is 45.6 Å². The van der Waals surface area contributed by atoms with E-state index in [0.717, 1.165) is 55.6 Å². The van der Waals surface area contributed by atoms with Crippen LogP contribution in [-0.4, -0.2) is 42.8 Å². The fourth-order valence-electron chi connectivity index (χ4n) is 2.38. The second-order valence-electron chi connectivity index (χ2n) is 5.63. The first-order valence-electron chi connectivity index (χ1n) is 7.68. The van der Waals surface area contributed by atoms with Gasteiger partial charge in [0.25, 0.3) is 0 Å². The molecule has 1 aromatic heterocycles. The van der Waals surface area contributed by atoms with Crippen LogP contribution in [0, 0.1) is 6.92 Å². The highest BCUT2D eigenvalue weighted by molar-refractivity contribution is 7.09. The molecule has 1 saturated heterocycles. The van der Waals surface area contributed by atoms with Crippen LogP contribution in [0.15, 0.2) is 10.4 Å². The Morgan fingerprint density at radius 2 is 2.38 bits per heavy atom. The van der Waals surface area contributed by atoms with E-state index >= 15 is 0 Å². The predicted molar refractivity (Wildman–Crippen MR) is 88.1 cm³/mol. The summed E-state index contributed by atoms with van der Waals surface area (Å²) in [6.07, 6.45) is 3.15. The minimum atomic E-state index is -0.0889. The summed E-state index contributed by atoms with van der Waals surface area (Å²) < 4.78 is 5.77. The second kappa shape index (κ2) is 7.75. The number of nitrogens with zero attached hydrogens (tertiary/aromatic N) is 2. The number of hydrogen-bond acceptors (Lipinski definition) is 4. The lowest BCUT2D eigenvalue weighted by Gasteiger charge is -2.21. The molecule has 2 rings (SSSR count). The van der Waals surface area contributed by atoms with E-state index in [2.05, 4.69) is 39.8 Å². The predicted octanol–water partition coefficient (Wildman–Crippen LogP) is 2.12. The van der Waals surface area contributed by atoms with Gasteiger partial charge in [-0.2, -0.15) is 0 Å². The van der Waals surface area contributed by atoms with Crippen LogP contribution in [0.3, 0.4) is 0 Å². The molecule has 118 valence electrons. The lowest BCUT2D eigenvalue weighted by Crippen LogP contribution is -2.40. The summed E-state index contributed by atoms with van der Waals surface area (Å²) in [5.74, 6) is 0.862. The monoisotopic (exact) mass is 310 g/mol. The number of aryl methyl sites for hydroxylation is 1. The second-order valence-corrected chi connectivity index (χ2v) is 6.69. The Balaban J connectivity index is 1.80. The van der Waals surface area contributed by atoms with E-state index in [-0.39, 0.29) is 5.60 Å². The van der Waals surface area contributed by atoms with Crippen molar-refractivity contribution < 1.29 is 4.74 Å². The van der Waals surface area contributed by atoms with Crippen molar-refractivity contribution in [3.05, 3.63) is 16.1 Å². The SMILES string of the molecule is CCNC(=NCC1(C)CCCO1)NCCc1csc(C)n1. The van der Waals surface area contributed by atoms with Crippen molar-refractivity contribution in [1.82, 2.24) is 15.6 Å². The van der Waals surface area contributed by atoms with Gasteiger partial charge in [-0.15, -0.1) is 11.3 Å². The van der Waals surface area contributed by atoms with E-state index in [9.17, 15) is 0 Å². The van der Waals surface area contributed by atoms with Crippen molar-refractivity contribution >= 4 is 17.3 Å². The van der Waals surface area contributed by atoms with Crippen molar-refractivity contribution in [2.75, 3.05) is 26.2 Å². The van der Waals surface area contributed by atoms with Crippen molar-refractivity contribution in [3.63, 3.8) is 0 Å². The fourth-order valence-corrected chi connectivity index (χ4v) is 3.03. The van der Waals surface area contributed by atoms with E-state index in [0.29, 0.717) is 6.54 Å². The van der Waals surface area contributed by atoms with Crippen molar-refractivity contribution in [2.24, 2.45) is 4.99 Å². The summed E-state index contributed by atoms with van der Waals surface area (Å²) in [5.41, 5.74) is 1.06. The van der Waals surface area contributed by atoms with Gasteiger partial charge in [0.15, 0.2) is 5.96 Å². The molecule has 5 nitrogen and oxygen atoms in total. The normalized spacial score (nSPS) is 22.5. The number of aliphatic imine (C=N–C) groups is 1. The van der Waals surface area contributed by atoms with Gasteiger partial charge >= 0.3 is 0 Å². The van der Waals surface area contributed by atoms with Crippen LogP contribution < -0.4 is 10.6 Å². The zero-order valence-electron chi connectivity index (χ0n) is 13.2. The molecular formula is C15H26N4OS. The number of guanidine groups is 1. The van der Waals surface area contributed by atoms with Gasteiger partial charge in [-0.1, -0.05) is 0 Å². The number of rotatable bonds is 6. The number of ether oxygens (including phenoxy) is 1. The Morgan fingerprint density at radius 1 is 1.52 bits per heavy atom. The van der Waals surface area contributed by atoms with Gasteiger partial charge < -0.3 is 15.4 Å². The smallest absolute Gasteiger partial charge is 0.191 e. The Labute approximate surface area is 131 Å². The van der Waals surface area contributed by atoms with Gasteiger partial charge in [0.1, 0.15) is 0 Å². The van der Waals surface area contributed by atoms with Gasteiger partial charge in [-0.3, -0.25) is 4.99 Å². The van der Waals surface area contributed by atoms with Crippen LogP contribution in [-0.2, 0) is 11.2 Å². The first kappa shape index (κ1) is 16.2. The van der Waals surface area contributed by atoms with Crippen LogP contribution in [0.1, 0.15) is 37.4 Å². The van der Waals surface area contributed by atoms with Crippen molar-refractivity contribution in [1.29, 1.82) is 0 Å². The quantitative estimate of drug-likeness (QED) is 0.624. The maximum absolute atomic E-state index is 5.77. The molecular weight excluding hydrogens is 284 g/mol. The topological polar surface area (TPSA) is 58.5 Å². The van der Waals surface area contributed by atoms with Gasteiger partial charge in [0, 0.05) is 31.5 Å². The van der Waals surface area contributed by atoms with Crippen LogP contribution >= 0.6 is 11.3 Å². The molecule has 6 heteroatoms. The molecule has 1 atom stereocenters. The van der Waals surface area contributed by atoms with Gasteiger partial charge in [-0.25, -0.2) is 4.98 Å². The molecule has 0 amide bonds. The lowest BCUT2D eigenvalue weighted by atomic mass is 10.0. The molecule has 0 aliphatic carbocycles. The highest BCUT2D eigenvalue weighted by atomic mass is 32.1. The Kier molecular flexibility index (Phi) is 5.99. The van der Waals surface area contributed by atoms with Crippen LogP contribution in [0.2, 0.25) is 0 Å². The minimum absolute atomic E-state index is 0.0889. The average Bonchev–Trinajstić information content (AvgIpc) is 3.06. The molecule has 0 spiro atoms. The highest BCUT2D eigenvalue weighted by Gasteiger charge is 2.29. The van der Waals surface area contributed by atoms with Gasteiger partial charge in [0.2, 0.25) is 0 Å². The Hall–Kier alpha value is -1.14. The molecule has 0 bridgehead atoms.